The minimum atomic E-state index is -3.53. The molecule has 1 N–H and O–H groups in total. The molecule has 172 valence electrons. The van der Waals surface area contributed by atoms with Gasteiger partial charge in [0, 0.05) is 18.3 Å². The van der Waals surface area contributed by atoms with Gasteiger partial charge < -0.3 is 10.2 Å². The van der Waals surface area contributed by atoms with Crippen molar-refractivity contribution in [1.29, 1.82) is 0 Å². The Bertz CT molecular complexity index is 1260. The van der Waals surface area contributed by atoms with E-state index in [0.29, 0.717) is 11.1 Å². The van der Waals surface area contributed by atoms with Gasteiger partial charge in [-0.3, -0.25) is 9.59 Å². The topological polar surface area (TPSA) is 83.6 Å². The quantitative estimate of drug-likeness (QED) is 0.565. The van der Waals surface area contributed by atoms with E-state index in [4.69, 9.17) is 0 Å². The van der Waals surface area contributed by atoms with Gasteiger partial charge in [0.1, 0.15) is 0 Å². The molecule has 0 radical (unpaired) electrons. The van der Waals surface area contributed by atoms with Crippen LogP contribution in [0, 0.1) is 20.8 Å². The molecule has 0 aliphatic carbocycles. The minimum Gasteiger partial charge on any atom is -0.332 e. The van der Waals surface area contributed by atoms with Crippen molar-refractivity contribution in [3.8, 4) is 0 Å². The molecule has 3 rings (SSSR count). The van der Waals surface area contributed by atoms with Gasteiger partial charge in [0.05, 0.1) is 17.2 Å². The van der Waals surface area contributed by atoms with Crippen LogP contribution in [0.3, 0.4) is 0 Å². The van der Waals surface area contributed by atoms with E-state index in [1.807, 2.05) is 32.9 Å². The summed E-state index contributed by atoms with van der Waals surface area (Å²) in [4.78, 5) is 27.0. The van der Waals surface area contributed by atoms with Gasteiger partial charge in [0.25, 0.3) is 5.91 Å². The summed E-state index contributed by atoms with van der Waals surface area (Å²) in [6.07, 6.45) is 0. The predicted octanol–water partition coefficient (Wildman–Crippen LogP) is 4.30. The normalized spacial score (nSPS) is 11.2. The van der Waals surface area contributed by atoms with E-state index in [0.717, 1.165) is 22.4 Å². The largest absolute Gasteiger partial charge is 0.332 e. The number of hydrogen-bond donors (Lipinski definition) is 1. The fourth-order valence-electron chi connectivity index (χ4n) is 3.79. The molecule has 3 aromatic rings. The molecule has 0 saturated heterocycles. The number of aryl methyl sites for hydroxylation is 3. The zero-order chi connectivity index (χ0) is 24.2. The second-order valence-corrected chi connectivity index (χ2v) is 10.2. The van der Waals surface area contributed by atoms with Crippen LogP contribution in [0.5, 0.6) is 0 Å². The number of hydrogen-bond acceptors (Lipinski definition) is 4. The van der Waals surface area contributed by atoms with Gasteiger partial charge in [-0.05, 0) is 61.7 Å². The monoisotopic (exact) mass is 464 g/mol. The molecule has 0 bridgehead atoms. The first kappa shape index (κ1) is 24.2. The molecular formula is C26H28N2O4S. The Morgan fingerprint density at radius 2 is 1.52 bits per heavy atom. The first-order chi connectivity index (χ1) is 15.6. The lowest BCUT2D eigenvalue weighted by Crippen LogP contribution is -2.35. The number of likely N-dealkylation sites (N-methyl/N-ethyl adjacent to an activating group) is 1. The number of nitrogens with zero attached hydrogens (tertiary/aromatic N) is 1. The maximum absolute atomic E-state index is 12.9. The highest BCUT2D eigenvalue weighted by atomic mass is 32.2. The van der Waals surface area contributed by atoms with Gasteiger partial charge in [-0.2, -0.15) is 0 Å². The summed E-state index contributed by atoms with van der Waals surface area (Å²) in [6.45, 7) is 5.73. The van der Waals surface area contributed by atoms with Crippen LogP contribution in [-0.4, -0.2) is 38.7 Å². The third kappa shape index (κ3) is 6.08. The predicted molar refractivity (Wildman–Crippen MR) is 130 cm³/mol. The van der Waals surface area contributed by atoms with Crippen LogP contribution >= 0.6 is 0 Å². The van der Waals surface area contributed by atoms with Gasteiger partial charge in [0.2, 0.25) is 5.91 Å². The highest BCUT2D eigenvalue weighted by Crippen LogP contribution is 2.22. The van der Waals surface area contributed by atoms with E-state index < -0.39 is 9.84 Å². The second kappa shape index (κ2) is 10.0. The van der Waals surface area contributed by atoms with Crippen molar-refractivity contribution in [2.45, 2.75) is 31.4 Å². The van der Waals surface area contributed by atoms with Crippen molar-refractivity contribution in [3.05, 3.63) is 94.5 Å². The van der Waals surface area contributed by atoms with Crippen molar-refractivity contribution in [2.75, 3.05) is 18.9 Å². The summed E-state index contributed by atoms with van der Waals surface area (Å²) in [7, 11) is -1.98. The molecule has 0 spiro atoms. The van der Waals surface area contributed by atoms with Crippen molar-refractivity contribution in [3.63, 3.8) is 0 Å². The van der Waals surface area contributed by atoms with E-state index in [2.05, 4.69) is 5.32 Å². The van der Waals surface area contributed by atoms with Gasteiger partial charge in [-0.25, -0.2) is 8.42 Å². The van der Waals surface area contributed by atoms with Gasteiger partial charge >= 0.3 is 0 Å². The summed E-state index contributed by atoms with van der Waals surface area (Å²) >= 11 is 0. The lowest BCUT2D eigenvalue weighted by Gasteiger charge is -2.19. The van der Waals surface area contributed by atoms with Crippen molar-refractivity contribution < 1.29 is 18.0 Å². The Labute approximate surface area is 195 Å². The molecule has 0 heterocycles. The second-order valence-electron chi connectivity index (χ2n) is 8.26. The summed E-state index contributed by atoms with van der Waals surface area (Å²) in [5.74, 6) is -0.876. The lowest BCUT2D eigenvalue weighted by atomic mass is 10.1. The van der Waals surface area contributed by atoms with E-state index in [1.165, 1.54) is 4.90 Å². The Kier molecular flexibility index (Phi) is 7.33. The summed E-state index contributed by atoms with van der Waals surface area (Å²) in [6, 6.07) is 18.7. The fourth-order valence-corrected chi connectivity index (χ4v) is 5.15. The summed E-state index contributed by atoms with van der Waals surface area (Å²) in [5, 5.41) is 2.89. The third-order valence-electron chi connectivity index (χ3n) is 5.30. The Morgan fingerprint density at radius 3 is 2.15 bits per heavy atom. The van der Waals surface area contributed by atoms with Crippen molar-refractivity contribution >= 4 is 27.3 Å². The highest BCUT2D eigenvalue weighted by molar-refractivity contribution is 7.90. The fraction of sp³-hybridized carbons (Fsp3) is 0.231. The molecule has 3 aromatic carbocycles. The molecule has 33 heavy (non-hydrogen) atoms. The molecule has 0 unspecified atom stereocenters. The Balaban J connectivity index is 1.69. The van der Waals surface area contributed by atoms with E-state index in [-0.39, 0.29) is 29.0 Å². The van der Waals surface area contributed by atoms with Crippen LogP contribution in [0.25, 0.3) is 0 Å². The van der Waals surface area contributed by atoms with Crippen LogP contribution in [0.4, 0.5) is 5.69 Å². The number of carbonyl (C=O) groups excluding carboxylic acids is 2. The van der Waals surface area contributed by atoms with E-state index in [9.17, 15) is 18.0 Å². The number of rotatable bonds is 7. The average molecular weight is 465 g/mol. The van der Waals surface area contributed by atoms with Crippen LogP contribution in [-0.2, 0) is 20.4 Å². The van der Waals surface area contributed by atoms with Crippen molar-refractivity contribution in [2.24, 2.45) is 0 Å². The number of benzene rings is 3. The van der Waals surface area contributed by atoms with Crippen LogP contribution in [0.2, 0.25) is 0 Å². The molecule has 2 amide bonds. The third-order valence-corrected chi connectivity index (χ3v) is 7.01. The number of nitrogens with one attached hydrogen (secondary N) is 1. The Morgan fingerprint density at radius 1 is 0.879 bits per heavy atom. The first-order valence-corrected chi connectivity index (χ1v) is 12.2. The molecule has 0 saturated carbocycles. The zero-order valence-electron chi connectivity index (χ0n) is 19.3. The van der Waals surface area contributed by atoms with Gasteiger partial charge in [-0.1, -0.05) is 48.0 Å². The summed E-state index contributed by atoms with van der Waals surface area (Å²) in [5.41, 5.74) is 4.62. The first-order valence-electron chi connectivity index (χ1n) is 10.6. The Hall–Kier alpha value is -3.45. The molecular weight excluding hydrogens is 436 g/mol. The van der Waals surface area contributed by atoms with Gasteiger partial charge in [-0.15, -0.1) is 0 Å². The SMILES string of the molecule is Cc1cc(C)c(NC(=O)CN(C)C(=O)c2cccc(CS(=O)(=O)c3ccccc3)c2)c(C)c1. The molecule has 0 atom stereocenters. The van der Waals surface area contributed by atoms with Crippen molar-refractivity contribution in [1.82, 2.24) is 4.90 Å². The molecule has 0 aromatic heterocycles. The number of anilines is 1. The minimum absolute atomic E-state index is 0.127. The van der Waals surface area contributed by atoms with E-state index in [1.54, 1.807) is 61.6 Å². The molecule has 0 aliphatic rings. The number of amides is 2. The molecule has 6 nitrogen and oxygen atoms in total. The zero-order valence-corrected chi connectivity index (χ0v) is 20.1. The average Bonchev–Trinajstić information content (AvgIpc) is 2.76. The number of carbonyl (C=O) groups is 2. The summed E-state index contributed by atoms with van der Waals surface area (Å²) < 4.78 is 25.3. The lowest BCUT2D eigenvalue weighted by molar-refractivity contribution is -0.116. The van der Waals surface area contributed by atoms with Crippen LogP contribution in [0.1, 0.15) is 32.6 Å². The van der Waals surface area contributed by atoms with Crippen LogP contribution in [0.15, 0.2) is 71.6 Å². The maximum atomic E-state index is 12.9. The molecule has 7 heteroatoms. The maximum Gasteiger partial charge on any atom is 0.254 e. The molecule has 0 fully saturated rings. The van der Waals surface area contributed by atoms with Gasteiger partial charge in [0.15, 0.2) is 9.84 Å². The van der Waals surface area contributed by atoms with Crippen LogP contribution < -0.4 is 5.32 Å². The smallest absolute Gasteiger partial charge is 0.254 e. The number of sulfone groups is 1. The standard InChI is InChI=1S/C26H28N2O4S/c1-18-13-19(2)25(20(3)14-18)27-24(29)16-28(4)26(30)22-10-8-9-21(15-22)17-33(31,32)23-11-6-5-7-12-23/h5-15H,16-17H2,1-4H3,(H,27,29). The van der Waals surface area contributed by atoms with E-state index >= 15 is 0 Å². The highest BCUT2D eigenvalue weighted by Gasteiger charge is 2.19. The molecule has 0 aliphatic heterocycles.